The molecule has 0 aromatic heterocycles. The summed E-state index contributed by atoms with van der Waals surface area (Å²) >= 11 is 5.73. The topological polar surface area (TPSA) is 35.2 Å². The van der Waals surface area contributed by atoms with E-state index < -0.39 is 5.82 Å². The number of benzene rings is 2. The van der Waals surface area contributed by atoms with Crippen molar-refractivity contribution in [1.82, 2.24) is 0 Å². The van der Waals surface area contributed by atoms with Crippen molar-refractivity contribution < 1.29 is 9.13 Å². The predicted octanol–water partition coefficient (Wildman–Crippen LogP) is 3.37. The molecular weight excluding hydrogens is 277 g/mol. The van der Waals surface area contributed by atoms with Crippen LogP contribution in [0.15, 0.2) is 42.5 Å². The Morgan fingerprint density at radius 2 is 1.95 bits per heavy atom. The van der Waals surface area contributed by atoms with Crippen molar-refractivity contribution in [3.63, 3.8) is 0 Å². The van der Waals surface area contributed by atoms with Crippen LogP contribution < -0.4 is 10.5 Å². The Morgan fingerprint density at radius 3 is 2.75 bits per heavy atom. The Morgan fingerprint density at radius 1 is 1.15 bits per heavy atom. The first kappa shape index (κ1) is 14.4. The Balaban J connectivity index is 2.17. The molecule has 2 aromatic rings. The third-order valence-corrected chi connectivity index (χ3v) is 2.92. The molecule has 0 heterocycles. The van der Waals surface area contributed by atoms with E-state index in [1.807, 2.05) is 18.2 Å². The zero-order valence-electron chi connectivity index (χ0n) is 10.7. The molecule has 0 saturated carbocycles. The maximum absolute atomic E-state index is 13.8. The molecule has 4 heteroatoms. The molecule has 2 N–H and O–H groups in total. The molecule has 0 saturated heterocycles. The van der Waals surface area contributed by atoms with E-state index in [-0.39, 0.29) is 18.2 Å². The molecule has 0 aliphatic heterocycles. The van der Waals surface area contributed by atoms with E-state index in [9.17, 15) is 4.39 Å². The third-order valence-electron chi connectivity index (χ3n) is 2.63. The van der Waals surface area contributed by atoms with Gasteiger partial charge >= 0.3 is 0 Å². The molecule has 0 spiro atoms. The van der Waals surface area contributed by atoms with Crippen LogP contribution in [0.3, 0.4) is 0 Å². The minimum Gasteiger partial charge on any atom is -0.487 e. The van der Waals surface area contributed by atoms with E-state index in [0.717, 1.165) is 5.56 Å². The molecule has 0 fully saturated rings. The van der Waals surface area contributed by atoms with E-state index in [2.05, 4.69) is 11.8 Å². The van der Waals surface area contributed by atoms with Crippen LogP contribution in [0.2, 0.25) is 5.02 Å². The summed E-state index contributed by atoms with van der Waals surface area (Å²) in [4.78, 5) is 0. The number of ether oxygens (including phenoxy) is 1. The molecule has 0 aliphatic rings. The summed E-state index contributed by atoms with van der Waals surface area (Å²) in [6.07, 6.45) is 0. The fourth-order valence-corrected chi connectivity index (χ4v) is 1.85. The maximum Gasteiger partial charge on any atom is 0.148 e. The van der Waals surface area contributed by atoms with Crippen molar-refractivity contribution in [2.75, 3.05) is 6.54 Å². The van der Waals surface area contributed by atoms with Gasteiger partial charge in [0.25, 0.3) is 0 Å². The average Bonchev–Trinajstić information content (AvgIpc) is 2.47. The van der Waals surface area contributed by atoms with Crippen LogP contribution in [0, 0.1) is 17.7 Å². The van der Waals surface area contributed by atoms with Gasteiger partial charge in [-0.05, 0) is 18.2 Å². The number of hydrogen-bond donors (Lipinski definition) is 1. The normalized spacial score (nSPS) is 9.75. The van der Waals surface area contributed by atoms with Gasteiger partial charge in [0, 0.05) is 5.56 Å². The first-order valence-electron chi connectivity index (χ1n) is 6.06. The molecule has 102 valence electrons. The van der Waals surface area contributed by atoms with Gasteiger partial charge < -0.3 is 10.5 Å². The van der Waals surface area contributed by atoms with Crippen LogP contribution >= 0.6 is 11.6 Å². The number of rotatable bonds is 3. The predicted molar refractivity (Wildman–Crippen MR) is 78.1 cm³/mol. The van der Waals surface area contributed by atoms with Crippen LogP contribution in [0.5, 0.6) is 5.75 Å². The lowest BCUT2D eigenvalue weighted by molar-refractivity contribution is 0.299. The van der Waals surface area contributed by atoms with Gasteiger partial charge in [-0.3, -0.25) is 0 Å². The van der Waals surface area contributed by atoms with Gasteiger partial charge in [0.05, 0.1) is 17.1 Å². The third kappa shape index (κ3) is 3.51. The highest BCUT2D eigenvalue weighted by atomic mass is 35.5. The summed E-state index contributed by atoms with van der Waals surface area (Å²) < 4.78 is 19.4. The van der Waals surface area contributed by atoms with E-state index in [1.54, 1.807) is 18.2 Å². The lowest BCUT2D eigenvalue weighted by Gasteiger charge is -2.09. The molecule has 0 atom stereocenters. The van der Waals surface area contributed by atoms with Crippen LogP contribution in [0.4, 0.5) is 4.39 Å². The number of para-hydroxylation sites is 1. The molecule has 20 heavy (non-hydrogen) atoms. The monoisotopic (exact) mass is 289 g/mol. The summed E-state index contributed by atoms with van der Waals surface area (Å²) in [6, 6.07) is 12.1. The second kappa shape index (κ2) is 6.95. The van der Waals surface area contributed by atoms with Crippen LogP contribution in [-0.2, 0) is 6.61 Å². The Hall–Kier alpha value is -2.02. The van der Waals surface area contributed by atoms with Gasteiger partial charge in [-0.15, -0.1) is 0 Å². The summed E-state index contributed by atoms with van der Waals surface area (Å²) in [5.41, 5.74) is 6.47. The molecule has 2 rings (SSSR count). The van der Waals surface area contributed by atoms with Gasteiger partial charge in [-0.25, -0.2) is 4.39 Å². The van der Waals surface area contributed by atoms with Gasteiger partial charge in [0.1, 0.15) is 18.2 Å². The van der Waals surface area contributed by atoms with Crippen molar-refractivity contribution in [3.05, 3.63) is 64.4 Å². The zero-order chi connectivity index (χ0) is 14.4. The molecule has 0 aliphatic carbocycles. The van der Waals surface area contributed by atoms with Crippen molar-refractivity contribution >= 4 is 11.6 Å². The van der Waals surface area contributed by atoms with Crippen LogP contribution in [0.1, 0.15) is 11.1 Å². The van der Waals surface area contributed by atoms with E-state index >= 15 is 0 Å². The molecule has 0 amide bonds. The van der Waals surface area contributed by atoms with Crippen molar-refractivity contribution in [3.8, 4) is 17.6 Å². The molecule has 0 radical (unpaired) electrons. The highest BCUT2D eigenvalue weighted by molar-refractivity contribution is 6.30. The lowest BCUT2D eigenvalue weighted by atomic mass is 10.2. The summed E-state index contributed by atoms with van der Waals surface area (Å²) in [6.45, 7) is 0.366. The SMILES string of the molecule is NCC#Cc1ccccc1OCc1cccc(Cl)c1F. The fraction of sp³-hybridized carbons (Fsp3) is 0.125. The smallest absolute Gasteiger partial charge is 0.148 e. The summed E-state index contributed by atoms with van der Waals surface area (Å²) in [7, 11) is 0. The summed E-state index contributed by atoms with van der Waals surface area (Å²) in [5.74, 6) is 5.81. The lowest BCUT2D eigenvalue weighted by Crippen LogP contribution is -2.00. The first-order valence-corrected chi connectivity index (χ1v) is 6.44. The minimum atomic E-state index is -0.459. The molecule has 0 unspecified atom stereocenters. The minimum absolute atomic E-state index is 0.0855. The average molecular weight is 290 g/mol. The second-order valence-electron chi connectivity index (χ2n) is 4.00. The number of halogens is 2. The fourth-order valence-electron chi connectivity index (χ4n) is 1.66. The number of hydrogen-bond acceptors (Lipinski definition) is 2. The van der Waals surface area contributed by atoms with Gasteiger partial charge in [-0.1, -0.05) is 47.7 Å². The highest BCUT2D eigenvalue weighted by Gasteiger charge is 2.07. The van der Waals surface area contributed by atoms with Crippen molar-refractivity contribution in [2.24, 2.45) is 5.73 Å². The van der Waals surface area contributed by atoms with E-state index in [4.69, 9.17) is 22.1 Å². The number of nitrogens with two attached hydrogens (primary N) is 1. The zero-order valence-corrected chi connectivity index (χ0v) is 11.5. The second-order valence-corrected chi connectivity index (χ2v) is 4.41. The molecule has 2 nitrogen and oxygen atoms in total. The van der Waals surface area contributed by atoms with Crippen molar-refractivity contribution in [1.29, 1.82) is 0 Å². The van der Waals surface area contributed by atoms with Gasteiger partial charge in [0.15, 0.2) is 0 Å². The Labute approximate surface area is 122 Å². The van der Waals surface area contributed by atoms with Crippen LogP contribution in [-0.4, -0.2) is 6.54 Å². The quantitative estimate of drug-likeness (QED) is 0.879. The van der Waals surface area contributed by atoms with E-state index in [0.29, 0.717) is 11.3 Å². The van der Waals surface area contributed by atoms with Crippen LogP contribution in [0.25, 0.3) is 0 Å². The van der Waals surface area contributed by atoms with Gasteiger partial charge in [0.2, 0.25) is 0 Å². The van der Waals surface area contributed by atoms with Crippen molar-refractivity contribution in [2.45, 2.75) is 6.61 Å². The first-order chi connectivity index (χ1) is 9.72. The maximum atomic E-state index is 13.8. The molecule has 0 bridgehead atoms. The Kier molecular flexibility index (Phi) is 5.00. The Bertz CT molecular complexity index is 661. The molecule has 2 aromatic carbocycles. The van der Waals surface area contributed by atoms with E-state index in [1.165, 1.54) is 6.07 Å². The molecular formula is C16H13ClFNO. The van der Waals surface area contributed by atoms with Gasteiger partial charge in [-0.2, -0.15) is 0 Å². The highest BCUT2D eigenvalue weighted by Crippen LogP contribution is 2.22. The standard InChI is InChI=1S/C16H13ClFNO/c17-14-8-3-6-13(16(14)18)11-20-15-9-2-1-5-12(15)7-4-10-19/h1-3,5-6,8-9H,10-11,19H2. The summed E-state index contributed by atoms with van der Waals surface area (Å²) in [5, 5.41) is 0.0855. The largest absolute Gasteiger partial charge is 0.487 e.